The number of carbonyl (C=O) groups excluding carboxylic acids is 2. The van der Waals surface area contributed by atoms with Crippen LogP contribution in [0.15, 0.2) is 72.8 Å². The third-order valence-electron chi connectivity index (χ3n) is 4.37. The minimum absolute atomic E-state index is 0.0610. The highest BCUT2D eigenvalue weighted by Gasteiger charge is 2.25. The molecule has 0 aliphatic heterocycles. The summed E-state index contributed by atoms with van der Waals surface area (Å²) in [6.45, 7) is 5.71. The molecule has 0 aromatic heterocycles. The van der Waals surface area contributed by atoms with Crippen molar-refractivity contribution in [3.05, 3.63) is 95.1 Å². The molecule has 0 heterocycles. The second kappa shape index (κ2) is 10.3. The van der Waals surface area contributed by atoms with Crippen LogP contribution in [0.1, 0.15) is 52.6 Å². The molecule has 0 saturated carbocycles. The van der Waals surface area contributed by atoms with Gasteiger partial charge in [-0.1, -0.05) is 60.7 Å². The molecular formula is C26H25ClO5. The fourth-order valence-electron chi connectivity index (χ4n) is 2.94. The van der Waals surface area contributed by atoms with Crippen LogP contribution in [0.4, 0.5) is 0 Å². The van der Waals surface area contributed by atoms with Gasteiger partial charge in [0, 0.05) is 0 Å². The lowest BCUT2D eigenvalue weighted by Gasteiger charge is -2.21. The topological polar surface area (TPSA) is 61.8 Å². The van der Waals surface area contributed by atoms with Crippen molar-refractivity contribution in [3.63, 3.8) is 0 Å². The number of benzene rings is 3. The van der Waals surface area contributed by atoms with E-state index in [4.69, 9.17) is 25.8 Å². The van der Waals surface area contributed by atoms with E-state index in [-0.39, 0.29) is 35.8 Å². The molecule has 3 aromatic rings. The van der Waals surface area contributed by atoms with Gasteiger partial charge in [0.2, 0.25) is 0 Å². The van der Waals surface area contributed by atoms with Gasteiger partial charge >= 0.3 is 5.97 Å². The number of halogens is 1. The number of esters is 1. The summed E-state index contributed by atoms with van der Waals surface area (Å²) in [5, 5.41) is -0.744. The van der Waals surface area contributed by atoms with Gasteiger partial charge in [-0.25, -0.2) is 4.79 Å². The summed E-state index contributed by atoms with van der Waals surface area (Å²) in [4.78, 5) is 25.1. The molecule has 166 valence electrons. The lowest BCUT2D eigenvalue weighted by Crippen LogP contribution is -2.24. The van der Waals surface area contributed by atoms with Crippen LogP contribution in [0.3, 0.4) is 0 Å². The Morgan fingerprint density at radius 1 is 0.781 bits per heavy atom. The first kappa shape index (κ1) is 23.4. The van der Waals surface area contributed by atoms with E-state index in [9.17, 15) is 9.59 Å². The largest absolute Gasteiger partial charge is 0.488 e. The Labute approximate surface area is 192 Å². The predicted molar refractivity (Wildman–Crippen MR) is 123 cm³/mol. The summed E-state index contributed by atoms with van der Waals surface area (Å²) in [6.07, 6.45) is 0. The maximum atomic E-state index is 12.7. The average molecular weight is 453 g/mol. The molecule has 0 atom stereocenters. The molecule has 0 amide bonds. The van der Waals surface area contributed by atoms with E-state index in [0.717, 1.165) is 11.1 Å². The van der Waals surface area contributed by atoms with Gasteiger partial charge in [0.15, 0.2) is 0 Å². The van der Waals surface area contributed by atoms with Crippen LogP contribution in [0, 0.1) is 0 Å². The quantitative estimate of drug-likeness (QED) is 0.301. The Bertz CT molecular complexity index is 1010. The first-order valence-electron chi connectivity index (χ1n) is 10.2. The molecule has 0 fully saturated rings. The molecular weight excluding hydrogens is 428 g/mol. The van der Waals surface area contributed by atoms with Crippen molar-refractivity contribution in [1.29, 1.82) is 0 Å². The number of hydrogen-bond acceptors (Lipinski definition) is 5. The zero-order valence-corrected chi connectivity index (χ0v) is 19.0. The summed E-state index contributed by atoms with van der Waals surface area (Å²) in [7, 11) is 0. The van der Waals surface area contributed by atoms with Crippen molar-refractivity contribution < 1.29 is 23.8 Å². The predicted octanol–water partition coefficient (Wildman–Crippen LogP) is 6.18. The van der Waals surface area contributed by atoms with Crippen molar-refractivity contribution >= 4 is 22.8 Å². The molecule has 3 aromatic carbocycles. The smallest absolute Gasteiger partial charge is 0.338 e. The summed E-state index contributed by atoms with van der Waals surface area (Å²) in [5.41, 5.74) is 1.37. The molecule has 0 N–H and O–H groups in total. The van der Waals surface area contributed by atoms with Gasteiger partial charge in [0.05, 0.1) is 5.56 Å². The van der Waals surface area contributed by atoms with Crippen LogP contribution in [-0.4, -0.2) is 16.8 Å². The molecule has 0 aliphatic carbocycles. The van der Waals surface area contributed by atoms with E-state index in [0.29, 0.717) is 0 Å². The Morgan fingerprint density at radius 3 is 1.59 bits per heavy atom. The van der Waals surface area contributed by atoms with E-state index in [1.165, 1.54) is 12.1 Å². The van der Waals surface area contributed by atoms with Crippen molar-refractivity contribution in [2.75, 3.05) is 0 Å². The van der Waals surface area contributed by atoms with E-state index in [1.807, 2.05) is 60.7 Å². The van der Waals surface area contributed by atoms with Crippen molar-refractivity contribution in [2.45, 2.75) is 39.6 Å². The van der Waals surface area contributed by atoms with Crippen LogP contribution in [0.2, 0.25) is 0 Å². The van der Waals surface area contributed by atoms with Gasteiger partial charge in [-0.3, -0.25) is 4.79 Å². The van der Waals surface area contributed by atoms with Gasteiger partial charge in [-0.2, -0.15) is 0 Å². The van der Waals surface area contributed by atoms with Gasteiger partial charge in [0.1, 0.15) is 35.9 Å². The molecule has 0 bridgehead atoms. The second-order valence-electron chi connectivity index (χ2n) is 8.17. The molecule has 32 heavy (non-hydrogen) atoms. The van der Waals surface area contributed by atoms with Gasteiger partial charge in [0.25, 0.3) is 5.24 Å². The lowest BCUT2D eigenvalue weighted by atomic mass is 10.1. The zero-order chi connectivity index (χ0) is 23.1. The number of carbonyl (C=O) groups is 2. The van der Waals surface area contributed by atoms with Gasteiger partial charge < -0.3 is 14.2 Å². The van der Waals surface area contributed by atoms with Gasteiger partial charge in [-0.15, -0.1) is 0 Å². The van der Waals surface area contributed by atoms with Crippen LogP contribution >= 0.6 is 11.6 Å². The van der Waals surface area contributed by atoms with Crippen LogP contribution in [0.25, 0.3) is 0 Å². The van der Waals surface area contributed by atoms with E-state index in [2.05, 4.69) is 0 Å². The third-order valence-corrected chi connectivity index (χ3v) is 4.56. The van der Waals surface area contributed by atoms with Crippen LogP contribution in [-0.2, 0) is 18.0 Å². The Kier molecular flexibility index (Phi) is 7.54. The number of hydrogen-bond donors (Lipinski definition) is 0. The SMILES string of the molecule is CC(C)(C)OC(=O)c1cc(OCc2ccccc2)c(C(=O)Cl)c(OCc2ccccc2)c1. The van der Waals surface area contributed by atoms with Gasteiger partial charge in [-0.05, 0) is 55.6 Å². The zero-order valence-electron chi connectivity index (χ0n) is 18.3. The summed E-state index contributed by atoms with van der Waals surface area (Å²) in [6, 6.07) is 21.8. The fourth-order valence-corrected chi connectivity index (χ4v) is 3.12. The molecule has 3 rings (SSSR count). The summed E-state index contributed by atoms with van der Waals surface area (Å²) in [5.74, 6) is -0.249. The molecule has 0 unspecified atom stereocenters. The molecule has 6 heteroatoms. The Balaban J connectivity index is 1.98. The second-order valence-corrected chi connectivity index (χ2v) is 8.51. The number of rotatable bonds is 8. The molecule has 0 aliphatic rings. The number of ether oxygens (including phenoxy) is 3. The summed E-state index contributed by atoms with van der Waals surface area (Å²) < 4.78 is 17.3. The monoisotopic (exact) mass is 452 g/mol. The normalized spacial score (nSPS) is 11.0. The van der Waals surface area contributed by atoms with Crippen molar-refractivity contribution in [1.82, 2.24) is 0 Å². The summed E-state index contributed by atoms with van der Waals surface area (Å²) >= 11 is 5.90. The van der Waals surface area contributed by atoms with Crippen LogP contribution < -0.4 is 9.47 Å². The van der Waals surface area contributed by atoms with E-state index >= 15 is 0 Å². The highest BCUT2D eigenvalue weighted by atomic mass is 35.5. The first-order valence-corrected chi connectivity index (χ1v) is 10.6. The van der Waals surface area contributed by atoms with Crippen LogP contribution in [0.5, 0.6) is 11.5 Å². The lowest BCUT2D eigenvalue weighted by molar-refractivity contribution is 0.00683. The highest BCUT2D eigenvalue weighted by Crippen LogP contribution is 2.34. The van der Waals surface area contributed by atoms with E-state index in [1.54, 1.807) is 20.8 Å². The maximum absolute atomic E-state index is 12.7. The van der Waals surface area contributed by atoms with E-state index < -0.39 is 16.8 Å². The Hall–Kier alpha value is -3.31. The molecule has 5 nitrogen and oxygen atoms in total. The van der Waals surface area contributed by atoms with Crippen molar-refractivity contribution in [3.8, 4) is 11.5 Å². The Morgan fingerprint density at radius 2 is 1.22 bits per heavy atom. The highest BCUT2D eigenvalue weighted by molar-refractivity contribution is 6.68. The molecule has 0 radical (unpaired) electrons. The van der Waals surface area contributed by atoms with Crippen molar-refractivity contribution in [2.24, 2.45) is 0 Å². The standard InChI is InChI=1S/C26H25ClO5/c1-26(2,3)32-25(29)20-14-21(30-16-18-10-6-4-7-11-18)23(24(27)28)22(15-20)31-17-19-12-8-5-9-13-19/h4-15H,16-17H2,1-3H3. The fraction of sp³-hybridized carbons (Fsp3) is 0.231. The third kappa shape index (κ3) is 6.59. The minimum atomic E-state index is -0.744. The maximum Gasteiger partial charge on any atom is 0.338 e. The minimum Gasteiger partial charge on any atom is -0.488 e. The molecule has 0 spiro atoms. The molecule has 0 saturated heterocycles. The average Bonchev–Trinajstić information content (AvgIpc) is 2.76. The first-order chi connectivity index (χ1) is 15.2.